The van der Waals surface area contributed by atoms with E-state index in [1.165, 1.54) is 22.5 Å². The molecule has 0 aliphatic carbocycles. The third kappa shape index (κ3) is 6.57. The summed E-state index contributed by atoms with van der Waals surface area (Å²) in [5.41, 5.74) is 1.38. The summed E-state index contributed by atoms with van der Waals surface area (Å²) in [6, 6.07) is 11.5. The Morgan fingerprint density at radius 1 is 1.16 bits per heavy atom. The predicted octanol–water partition coefficient (Wildman–Crippen LogP) is 3.26. The number of morpholine rings is 1. The Bertz CT molecular complexity index is 993. The number of hydrogen-bond acceptors (Lipinski definition) is 5. The lowest BCUT2D eigenvalue weighted by Gasteiger charge is -2.26. The molecule has 0 unspecified atom stereocenters. The van der Waals surface area contributed by atoms with Crippen LogP contribution in [0.4, 0.5) is 10.5 Å². The molecule has 1 aliphatic rings. The number of urea groups is 1. The van der Waals surface area contributed by atoms with Crippen molar-refractivity contribution < 1.29 is 22.7 Å². The minimum absolute atomic E-state index is 0.0700. The number of aryl methyl sites for hydroxylation is 1. The van der Waals surface area contributed by atoms with Gasteiger partial charge in [0.1, 0.15) is 5.75 Å². The predicted molar refractivity (Wildman–Crippen MR) is 119 cm³/mol. The molecule has 3 rings (SSSR count). The van der Waals surface area contributed by atoms with Crippen LogP contribution in [0.25, 0.3) is 0 Å². The minimum atomic E-state index is -3.68. The van der Waals surface area contributed by atoms with E-state index >= 15 is 0 Å². The van der Waals surface area contributed by atoms with Gasteiger partial charge in [-0.05, 0) is 43.7 Å². The second-order valence-electron chi connectivity index (χ2n) is 7.05. The Morgan fingerprint density at radius 3 is 2.58 bits per heavy atom. The van der Waals surface area contributed by atoms with E-state index in [-0.39, 0.29) is 15.6 Å². The fourth-order valence-corrected chi connectivity index (χ4v) is 4.56. The molecule has 2 aromatic carbocycles. The number of anilines is 1. The highest BCUT2D eigenvalue weighted by molar-refractivity contribution is 7.89. The highest BCUT2D eigenvalue weighted by Gasteiger charge is 2.27. The number of ether oxygens (including phenoxy) is 2. The molecule has 0 aromatic heterocycles. The van der Waals surface area contributed by atoms with Crippen molar-refractivity contribution in [2.24, 2.45) is 0 Å². The number of carbonyl (C=O) groups is 1. The average molecular weight is 468 g/mol. The number of halogens is 1. The van der Waals surface area contributed by atoms with Crippen LogP contribution in [0.2, 0.25) is 5.02 Å². The van der Waals surface area contributed by atoms with Crippen molar-refractivity contribution in [2.75, 3.05) is 44.8 Å². The molecular weight excluding hydrogens is 442 g/mol. The zero-order valence-electron chi connectivity index (χ0n) is 17.3. The van der Waals surface area contributed by atoms with Crippen molar-refractivity contribution in [2.45, 2.75) is 18.2 Å². The van der Waals surface area contributed by atoms with Crippen molar-refractivity contribution in [3.63, 3.8) is 0 Å². The van der Waals surface area contributed by atoms with Gasteiger partial charge in [-0.1, -0.05) is 29.3 Å². The molecule has 10 heteroatoms. The molecule has 1 aliphatic heterocycles. The van der Waals surface area contributed by atoms with Gasteiger partial charge >= 0.3 is 6.03 Å². The molecule has 0 radical (unpaired) electrons. The van der Waals surface area contributed by atoms with Crippen LogP contribution >= 0.6 is 11.6 Å². The van der Waals surface area contributed by atoms with Crippen LogP contribution in [0.15, 0.2) is 47.4 Å². The first-order chi connectivity index (χ1) is 14.9. The number of rotatable bonds is 8. The third-order valence-corrected chi connectivity index (χ3v) is 6.91. The van der Waals surface area contributed by atoms with Gasteiger partial charge in [0.05, 0.1) is 35.4 Å². The van der Waals surface area contributed by atoms with Crippen molar-refractivity contribution >= 4 is 33.3 Å². The maximum Gasteiger partial charge on any atom is 0.319 e. The van der Waals surface area contributed by atoms with Crippen molar-refractivity contribution in [3.05, 3.63) is 53.1 Å². The quantitative estimate of drug-likeness (QED) is 0.581. The fourth-order valence-electron chi connectivity index (χ4n) is 2.96. The highest BCUT2D eigenvalue weighted by atomic mass is 35.5. The first kappa shape index (κ1) is 23.3. The van der Waals surface area contributed by atoms with Gasteiger partial charge in [-0.15, -0.1) is 0 Å². The van der Waals surface area contributed by atoms with E-state index in [1.807, 2.05) is 31.2 Å². The van der Waals surface area contributed by atoms with Gasteiger partial charge in [0.25, 0.3) is 0 Å². The standard InChI is InChI=1S/C21H26ClN3O5S/c1-16-3-5-17(6-4-16)30-12-2-9-23-21(26)24-20-15-18(7-8-19(20)22)31(27,28)25-10-13-29-14-11-25/h3-8,15H,2,9-14H2,1H3,(H2,23,24,26). The van der Waals surface area contributed by atoms with Crippen LogP contribution in [0, 0.1) is 6.92 Å². The molecule has 2 N–H and O–H groups in total. The highest BCUT2D eigenvalue weighted by Crippen LogP contribution is 2.27. The minimum Gasteiger partial charge on any atom is -0.494 e. The van der Waals surface area contributed by atoms with Crippen molar-refractivity contribution in [1.82, 2.24) is 9.62 Å². The fraction of sp³-hybridized carbons (Fsp3) is 0.381. The van der Waals surface area contributed by atoms with Crippen LogP contribution in [0.3, 0.4) is 0 Å². The molecule has 0 saturated carbocycles. The Labute approximate surface area is 187 Å². The van der Waals surface area contributed by atoms with E-state index in [2.05, 4.69) is 10.6 Å². The molecular formula is C21H26ClN3O5S. The molecule has 1 heterocycles. The number of hydrogen-bond donors (Lipinski definition) is 2. The van der Waals surface area contributed by atoms with Crippen molar-refractivity contribution in [3.8, 4) is 5.75 Å². The second kappa shape index (κ2) is 10.8. The first-order valence-electron chi connectivity index (χ1n) is 9.98. The summed E-state index contributed by atoms with van der Waals surface area (Å²) in [4.78, 5) is 12.3. The number of sulfonamides is 1. The summed E-state index contributed by atoms with van der Waals surface area (Å²) in [7, 11) is -3.68. The molecule has 1 saturated heterocycles. The maximum atomic E-state index is 12.8. The van der Waals surface area contributed by atoms with Gasteiger partial charge in [0.15, 0.2) is 0 Å². The summed E-state index contributed by atoms with van der Waals surface area (Å²) >= 11 is 6.15. The van der Waals surface area contributed by atoms with Gasteiger partial charge in [-0.3, -0.25) is 0 Å². The average Bonchev–Trinajstić information content (AvgIpc) is 2.77. The van der Waals surface area contributed by atoms with Crippen molar-refractivity contribution in [1.29, 1.82) is 0 Å². The second-order valence-corrected chi connectivity index (χ2v) is 9.40. The molecule has 168 valence electrons. The molecule has 1 fully saturated rings. The van der Waals surface area contributed by atoms with E-state index in [4.69, 9.17) is 21.1 Å². The monoisotopic (exact) mass is 467 g/mol. The molecule has 2 aromatic rings. The Balaban J connectivity index is 1.50. The van der Waals surface area contributed by atoms with E-state index in [0.717, 1.165) is 11.3 Å². The normalized spacial score (nSPS) is 14.8. The molecule has 0 atom stereocenters. The lowest BCUT2D eigenvalue weighted by atomic mass is 10.2. The third-order valence-electron chi connectivity index (χ3n) is 4.69. The molecule has 0 bridgehead atoms. The molecule has 0 spiro atoms. The zero-order valence-corrected chi connectivity index (χ0v) is 18.8. The Hall–Kier alpha value is -2.33. The zero-order chi connectivity index (χ0) is 22.3. The van der Waals surface area contributed by atoms with Crippen LogP contribution in [-0.2, 0) is 14.8 Å². The van der Waals surface area contributed by atoms with Gasteiger partial charge in [-0.25, -0.2) is 13.2 Å². The molecule has 8 nitrogen and oxygen atoms in total. The summed E-state index contributed by atoms with van der Waals surface area (Å²) in [6.45, 7) is 4.14. The van der Waals surface area contributed by atoms with Gasteiger partial charge in [0, 0.05) is 19.6 Å². The van der Waals surface area contributed by atoms with E-state index in [9.17, 15) is 13.2 Å². The lowest BCUT2D eigenvalue weighted by molar-refractivity contribution is 0.0730. The number of nitrogens with one attached hydrogen (secondary N) is 2. The number of carbonyl (C=O) groups excluding carboxylic acids is 1. The SMILES string of the molecule is Cc1ccc(OCCCNC(=O)Nc2cc(S(=O)(=O)N3CCOCC3)ccc2Cl)cc1. The number of nitrogens with zero attached hydrogens (tertiary/aromatic N) is 1. The lowest BCUT2D eigenvalue weighted by Crippen LogP contribution is -2.40. The van der Waals surface area contributed by atoms with Gasteiger partial charge in [-0.2, -0.15) is 4.31 Å². The van der Waals surface area contributed by atoms with Crippen LogP contribution in [0.1, 0.15) is 12.0 Å². The smallest absolute Gasteiger partial charge is 0.319 e. The number of amides is 2. The van der Waals surface area contributed by atoms with E-state index < -0.39 is 16.1 Å². The van der Waals surface area contributed by atoms with Crippen LogP contribution in [0.5, 0.6) is 5.75 Å². The summed E-state index contributed by atoms with van der Waals surface area (Å²) < 4.78 is 37.8. The number of benzene rings is 2. The Morgan fingerprint density at radius 2 is 1.87 bits per heavy atom. The summed E-state index contributed by atoms with van der Waals surface area (Å²) in [6.07, 6.45) is 0.612. The van der Waals surface area contributed by atoms with Crippen LogP contribution < -0.4 is 15.4 Å². The summed E-state index contributed by atoms with van der Waals surface area (Å²) in [5.74, 6) is 0.778. The first-order valence-corrected chi connectivity index (χ1v) is 11.8. The Kier molecular flexibility index (Phi) is 8.14. The largest absolute Gasteiger partial charge is 0.494 e. The van der Waals surface area contributed by atoms with Gasteiger partial charge < -0.3 is 20.1 Å². The van der Waals surface area contributed by atoms with Gasteiger partial charge in [0.2, 0.25) is 10.0 Å². The molecule has 2 amide bonds. The summed E-state index contributed by atoms with van der Waals surface area (Å²) in [5, 5.41) is 5.57. The molecule has 31 heavy (non-hydrogen) atoms. The van der Waals surface area contributed by atoms with E-state index in [0.29, 0.717) is 45.9 Å². The topological polar surface area (TPSA) is 97.0 Å². The van der Waals surface area contributed by atoms with E-state index in [1.54, 1.807) is 0 Å². The van der Waals surface area contributed by atoms with Crippen LogP contribution in [-0.4, -0.2) is 58.2 Å². The maximum absolute atomic E-state index is 12.8.